The number of benzene rings is 3. The zero-order valence-electron chi connectivity index (χ0n) is 21.3. The summed E-state index contributed by atoms with van der Waals surface area (Å²) in [6, 6.07) is 21.3. The fourth-order valence-electron chi connectivity index (χ4n) is 5.07. The van der Waals surface area contributed by atoms with E-state index < -0.39 is 0 Å². The van der Waals surface area contributed by atoms with Crippen molar-refractivity contribution in [3.05, 3.63) is 72.3 Å². The normalized spacial score (nSPS) is 18.9. The summed E-state index contributed by atoms with van der Waals surface area (Å²) >= 11 is 0. The quantitative estimate of drug-likeness (QED) is 0.572. The van der Waals surface area contributed by atoms with Crippen LogP contribution in [0.2, 0.25) is 0 Å². The zero-order valence-corrected chi connectivity index (χ0v) is 21.3. The molecule has 8 nitrogen and oxygen atoms in total. The first-order valence-electron chi connectivity index (χ1n) is 12.9. The Hall–Kier alpha value is -3.62. The first-order chi connectivity index (χ1) is 18.1. The number of hydrogen-bond acceptors (Lipinski definition) is 5. The number of amides is 3. The second-order valence-electron chi connectivity index (χ2n) is 9.61. The standard InChI is InChI=1S/C29H34N4O4/c1-36-26-9-4-8-25(19-26)30-29(35)33-16-17-37-27(21-33)20-31-12-5-13-32(15-14-31)28(34)24-11-10-22-6-2-3-7-23(22)18-24/h2-4,6-11,18-19,27H,5,12-17,20-21H2,1H3,(H,30,35)/t27-/m1/s1. The Bertz CT molecular complexity index is 1250. The Morgan fingerprint density at radius 3 is 2.65 bits per heavy atom. The van der Waals surface area contributed by atoms with Crippen LogP contribution in [0.3, 0.4) is 0 Å². The van der Waals surface area contributed by atoms with Crippen molar-refractivity contribution in [2.45, 2.75) is 12.5 Å². The number of morpholine rings is 1. The van der Waals surface area contributed by atoms with Gasteiger partial charge in [0, 0.05) is 56.6 Å². The van der Waals surface area contributed by atoms with Gasteiger partial charge in [0.2, 0.25) is 0 Å². The molecule has 8 heteroatoms. The number of urea groups is 1. The van der Waals surface area contributed by atoms with Crippen molar-refractivity contribution in [3.8, 4) is 5.75 Å². The van der Waals surface area contributed by atoms with Crippen molar-refractivity contribution >= 4 is 28.4 Å². The van der Waals surface area contributed by atoms with Crippen LogP contribution in [0, 0.1) is 0 Å². The largest absolute Gasteiger partial charge is 0.497 e. The van der Waals surface area contributed by atoms with Gasteiger partial charge in [0.1, 0.15) is 5.75 Å². The summed E-state index contributed by atoms with van der Waals surface area (Å²) in [7, 11) is 1.61. The summed E-state index contributed by atoms with van der Waals surface area (Å²) in [5, 5.41) is 5.18. The maximum Gasteiger partial charge on any atom is 0.322 e. The maximum absolute atomic E-state index is 13.2. The first kappa shape index (κ1) is 25.0. The van der Waals surface area contributed by atoms with Gasteiger partial charge in [0.15, 0.2) is 0 Å². The van der Waals surface area contributed by atoms with Crippen LogP contribution in [0.25, 0.3) is 10.8 Å². The minimum Gasteiger partial charge on any atom is -0.497 e. The molecule has 2 fully saturated rings. The van der Waals surface area contributed by atoms with Crippen LogP contribution in [0.4, 0.5) is 10.5 Å². The molecule has 5 rings (SSSR count). The van der Waals surface area contributed by atoms with E-state index in [0.717, 1.165) is 48.9 Å². The lowest BCUT2D eigenvalue weighted by Crippen LogP contribution is -2.51. The first-order valence-corrected chi connectivity index (χ1v) is 12.9. The van der Waals surface area contributed by atoms with E-state index in [1.165, 1.54) is 0 Å². The summed E-state index contributed by atoms with van der Waals surface area (Å²) in [5.74, 6) is 0.786. The van der Waals surface area contributed by atoms with Crippen LogP contribution in [0.5, 0.6) is 5.75 Å². The Kier molecular flexibility index (Phi) is 7.87. The molecule has 2 aliphatic rings. The molecule has 3 aromatic rings. The minimum atomic E-state index is -0.135. The molecule has 0 unspecified atom stereocenters. The number of rotatable bonds is 5. The van der Waals surface area contributed by atoms with E-state index in [9.17, 15) is 9.59 Å². The summed E-state index contributed by atoms with van der Waals surface area (Å²) in [4.78, 5) is 32.2. The third-order valence-corrected chi connectivity index (χ3v) is 7.08. The third kappa shape index (κ3) is 6.21. The van der Waals surface area contributed by atoms with E-state index in [1.54, 1.807) is 18.1 Å². The predicted octanol–water partition coefficient (Wildman–Crippen LogP) is 3.93. The lowest BCUT2D eigenvalue weighted by atomic mass is 10.1. The molecule has 3 aromatic carbocycles. The molecule has 1 atom stereocenters. The van der Waals surface area contributed by atoms with Gasteiger partial charge in [-0.2, -0.15) is 0 Å². The van der Waals surface area contributed by atoms with Gasteiger partial charge in [-0.15, -0.1) is 0 Å². The molecule has 2 saturated heterocycles. The van der Waals surface area contributed by atoms with Crippen molar-refractivity contribution in [1.29, 1.82) is 0 Å². The Morgan fingerprint density at radius 2 is 1.78 bits per heavy atom. The Balaban J connectivity index is 1.13. The molecule has 2 heterocycles. The lowest BCUT2D eigenvalue weighted by Gasteiger charge is -2.35. The SMILES string of the molecule is COc1cccc(NC(=O)N2CCO[C@H](CN3CCCN(C(=O)c4ccc5ccccc5c4)CC3)C2)c1. The fraction of sp³-hybridized carbons (Fsp3) is 0.379. The highest BCUT2D eigenvalue weighted by molar-refractivity contribution is 5.98. The number of hydrogen-bond donors (Lipinski definition) is 1. The molecule has 194 valence electrons. The molecule has 37 heavy (non-hydrogen) atoms. The van der Waals surface area contributed by atoms with Gasteiger partial charge in [-0.05, 0) is 48.0 Å². The summed E-state index contributed by atoms with van der Waals surface area (Å²) < 4.78 is 11.3. The highest BCUT2D eigenvalue weighted by atomic mass is 16.5. The van der Waals surface area contributed by atoms with E-state index >= 15 is 0 Å². The smallest absolute Gasteiger partial charge is 0.322 e. The molecule has 0 aliphatic carbocycles. The molecule has 0 aromatic heterocycles. The number of carbonyl (C=O) groups is 2. The topological polar surface area (TPSA) is 74.3 Å². The van der Waals surface area contributed by atoms with E-state index in [0.29, 0.717) is 37.7 Å². The third-order valence-electron chi connectivity index (χ3n) is 7.08. The second kappa shape index (κ2) is 11.6. The lowest BCUT2D eigenvalue weighted by molar-refractivity contribution is -0.0283. The number of nitrogens with one attached hydrogen (secondary N) is 1. The van der Waals surface area contributed by atoms with Crippen molar-refractivity contribution < 1.29 is 19.1 Å². The van der Waals surface area contributed by atoms with E-state index in [2.05, 4.69) is 16.3 Å². The molecular weight excluding hydrogens is 468 g/mol. The van der Waals surface area contributed by atoms with Gasteiger partial charge in [0.25, 0.3) is 5.91 Å². The molecule has 0 spiro atoms. The van der Waals surface area contributed by atoms with Crippen molar-refractivity contribution in [2.75, 3.05) is 64.8 Å². The molecule has 3 amide bonds. The van der Waals surface area contributed by atoms with Crippen molar-refractivity contribution in [2.24, 2.45) is 0 Å². The van der Waals surface area contributed by atoms with Crippen molar-refractivity contribution in [1.82, 2.24) is 14.7 Å². The van der Waals surface area contributed by atoms with Gasteiger partial charge < -0.3 is 24.6 Å². The van der Waals surface area contributed by atoms with Crippen molar-refractivity contribution in [3.63, 3.8) is 0 Å². The van der Waals surface area contributed by atoms with Crippen LogP contribution >= 0.6 is 0 Å². The number of anilines is 1. The molecular formula is C29H34N4O4. The summed E-state index contributed by atoms with van der Waals surface area (Å²) in [5.41, 5.74) is 1.44. The van der Waals surface area contributed by atoms with Crippen LogP contribution in [0.1, 0.15) is 16.8 Å². The molecule has 2 aliphatic heterocycles. The zero-order chi connectivity index (χ0) is 25.6. The average Bonchev–Trinajstić information content (AvgIpc) is 3.18. The van der Waals surface area contributed by atoms with Crippen LogP contribution in [-0.4, -0.2) is 92.3 Å². The van der Waals surface area contributed by atoms with E-state index in [-0.39, 0.29) is 18.0 Å². The van der Waals surface area contributed by atoms with E-state index in [1.807, 2.05) is 59.5 Å². The van der Waals surface area contributed by atoms with Gasteiger partial charge in [-0.25, -0.2) is 4.79 Å². The van der Waals surface area contributed by atoms with Gasteiger partial charge in [-0.3, -0.25) is 9.69 Å². The predicted molar refractivity (Wildman–Crippen MR) is 144 cm³/mol. The second-order valence-corrected chi connectivity index (χ2v) is 9.61. The summed E-state index contributed by atoms with van der Waals surface area (Å²) in [6.45, 7) is 5.44. The number of methoxy groups -OCH3 is 1. The highest BCUT2D eigenvalue weighted by Crippen LogP contribution is 2.20. The van der Waals surface area contributed by atoms with Crippen LogP contribution in [0.15, 0.2) is 66.7 Å². The highest BCUT2D eigenvalue weighted by Gasteiger charge is 2.28. The molecule has 0 saturated carbocycles. The van der Waals surface area contributed by atoms with Crippen LogP contribution in [-0.2, 0) is 4.74 Å². The number of carbonyl (C=O) groups excluding carboxylic acids is 2. The fourth-order valence-corrected chi connectivity index (χ4v) is 5.07. The number of nitrogens with zero attached hydrogens (tertiary/aromatic N) is 3. The van der Waals surface area contributed by atoms with E-state index in [4.69, 9.17) is 9.47 Å². The van der Waals surface area contributed by atoms with Gasteiger partial charge >= 0.3 is 6.03 Å². The Labute approximate surface area is 217 Å². The summed E-state index contributed by atoms with van der Waals surface area (Å²) in [6.07, 6.45) is 0.846. The number of fused-ring (bicyclic) bond motifs is 1. The monoisotopic (exact) mass is 502 g/mol. The molecule has 0 radical (unpaired) electrons. The van der Waals surface area contributed by atoms with Crippen LogP contribution < -0.4 is 10.1 Å². The maximum atomic E-state index is 13.2. The molecule has 0 bridgehead atoms. The minimum absolute atomic E-state index is 0.0625. The molecule has 1 N–H and O–H groups in total. The van der Waals surface area contributed by atoms with Gasteiger partial charge in [-0.1, -0.05) is 36.4 Å². The van der Waals surface area contributed by atoms with Gasteiger partial charge in [0.05, 0.1) is 19.8 Å². The average molecular weight is 503 g/mol. The number of ether oxygens (including phenoxy) is 2. The Morgan fingerprint density at radius 1 is 0.919 bits per heavy atom.